The predicted octanol–water partition coefficient (Wildman–Crippen LogP) is 2.20. The molecule has 0 aliphatic heterocycles. The number of hydrogen-bond acceptors (Lipinski definition) is 0. The largest absolute Gasteiger partial charge is 2.00 e. The second kappa shape index (κ2) is 6.89. The van der Waals surface area contributed by atoms with Crippen molar-refractivity contribution in [1.29, 1.82) is 0 Å². The summed E-state index contributed by atoms with van der Waals surface area (Å²) in [6.45, 7) is 0. The van der Waals surface area contributed by atoms with E-state index in [-0.39, 0.29) is 27.9 Å². The summed E-state index contributed by atoms with van der Waals surface area (Å²) in [6, 6.07) is 12.5. The van der Waals surface area contributed by atoms with Gasteiger partial charge in [-0.05, 0) is 0 Å². The zero-order chi connectivity index (χ0) is 4.24. The molecule has 0 bridgehead atoms. The fraction of sp³-hybridized carbons (Fsp3) is 0. The van der Waals surface area contributed by atoms with Gasteiger partial charge < -0.3 is 6.15 Å². The molecule has 1 aromatic carbocycles. The first kappa shape index (κ1) is 10.8. The number of nitrogens with two attached hydrogens (primary N) is 1. The van der Waals surface area contributed by atoms with E-state index < -0.39 is 0 Å². The third kappa shape index (κ3) is 4.06. The Kier molecular flexibility index (Phi) is 9.31. The van der Waals surface area contributed by atoms with Crippen LogP contribution in [0, 0.1) is 6.07 Å². The summed E-state index contributed by atoms with van der Waals surface area (Å²) >= 11 is 0. The molecule has 0 saturated heterocycles. The minimum Gasteiger partial charge on any atom is -0.693 e. The van der Waals surface area contributed by atoms with Crippen LogP contribution in [0.1, 0.15) is 0 Å². The van der Waals surface area contributed by atoms with E-state index in [1.54, 1.807) is 0 Å². The van der Waals surface area contributed by atoms with Gasteiger partial charge in [-0.2, -0.15) is 36.4 Å². The molecule has 40 valence electrons. The van der Waals surface area contributed by atoms with E-state index in [1.807, 2.05) is 30.3 Å². The summed E-state index contributed by atoms with van der Waals surface area (Å²) in [4.78, 5) is 0. The standard InChI is InChI=1S/C6H5.H2N.Ti/c1-2-4-6-5-3-1;;/h1-5H;1H2;/q2*-1;+2. The Balaban J connectivity index is 0. The first-order valence-electron chi connectivity index (χ1n) is 1.91. The molecule has 0 spiro atoms. The molecule has 1 nitrogen and oxygen atoms in total. The van der Waals surface area contributed by atoms with E-state index in [1.165, 1.54) is 0 Å². The van der Waals surface area contributed by atoms with Crippen LogP contribution in [0.25, 0.3) is 6.15 Å². The monoisotopic (exact) mass is 141 g/mol. The van der Waals surface area contributed by atoms with Crippen molar-refractivity contribution in [2.45, 2.75) is 0 Å². The van der Waals surface area contributed by atoms with Crippen molar-refractivity contribution < 1.29 is 21.7 Å². The molecule has 8 heavy (non-hydrogen) atoms. The molecular weight excluding hydrogens is 134 g/mol. The van der Waals surface area contributed by atoms with E-state index in [4.69, 9.17) is 0 Å². The Bertz CT molecular complexity index is 80.5. The van der Waals surface area contributed by atoms with E-state index in [9.17, 15) is 0 Å². The Hall–Kier alpha value is -0.106. The van der Waals surface area contributed by atoms with Gasteiger partial charge in [0.05, 0.1) is 0 Å². The quantitative estimate of drug-likeness (QED) is 0.392. The van der Waals surface area contributed by atoms with Gasteiger partial charge in [-0.1, -0.05) is 0 Å². The van der Waals surface area contributed by atoms with Gasteiger partial charge in [-0.25, -0.2) is 0 Å². The summed E-state index contributed by atoms with van der Waals surface area (Å²) in [5.41, 5.74) is 0. The zero-order valence-electron chi connectivity index (χ0n) is 4.46. The average Bonchev–Trinajstić information content (AvgIpc) is 1.72. The Morgan fingerprint density at radius 1 is 0.875 bits per heavy atom. The molecule has 0 aromatic heterocycles. The van der Waals surface area contributed by atoms with Crippen LogP contribution >= 0.6 is 0 Å². The van der Waals surface area contributed by atoms with Gasteiger partial charge in [-0.15, -0.1) is 0 Å². The van der Waals surface area contributed by atoms with Crippen molar-refractivity contribution in [2.75, 3.05) is 0 Å². The third-order valence-electron chi connectivity index (χ3n) is 0.607. The Labute approximate surface area is 64.6 Å². The van der Waals surface area contributed by atoms with Gasteiger partial charge in [-0.3, -0.25) is 0 Å². The fourth-order valence-electron chi connectivity index (χ4n) is 0.342. The van der Waals surface area contributed by atoms with Crippen molar-refractivity contribution in [3.63, 3.8) is 0 Å². The molecule has 0 radical (unpaired) electrons. The normalized spacial score (nSPS) is 6.00. The number of hydrogen-bond donors (Lipinski definition) is 0. The molecule has 0 aliphatic carbocycles. The van der Waals surface area contributed by atoms with Crippen molar-refractivity contribution in [3.05, 3.63) is 42.5 Å². The zero-order valence-corrected chi connectivity index (χ0v) is 6.03. The van der Waals surface area contributed by atoms with Gasteiger partial charge >= 0.3 is 21.7 Å². The van der Waals surface area contributed by atoms with Crippen LogP contribution < -0.4 is 0 Å². The van der Waals surface area contributed by atoms with Crippen LogP contribution in [0.5, 0.6) is 0 Å². The maximum atomic E-state index is 2.89. The molecule has 0 unspecified atom stereocenters. The van der Waals surface area contributed by atoms with E-state index in [0.717, 1.165) is 0 Å². The van der Waals surface area contributed by atoms with Gasteiger partial charge in [0.1, 0.15) is 0 Å². The maximum Gasteiger partial charge on any atom is 2.00 e. The summed E-state index contributed by atoms with van der Waals surface area (Å²) in [5.74, 6) is 0. The molecule has 0 fully saturated rings. The molecule has 0 amide bonds. The smallest absolute Gasteiger partial charge is 0.693 e. The summed E-state index contributed by atoms with van der Waals surface area (Å²) in [5, 5.41) is 0. The fourth-order valence-corrected chi connectivity index (χ4v) is 0.342. The average molecular weight is 141 g/mol. The summed E-state index contributed by atoms with van der Waals surface area (Å²) in [7, 11) is 0. The first-order chi connectivity index (χ1) is 3.00. The van der Waals surface area contributed by atoms with E-state index in [0.29, 0.717) is 0 Å². The van der Waals surface area contributed by atoms with Crippen LogP contribution in [-0.2, 0) is 21.7 Å². The van der Waals surface area contributed by atoms with Gasteiger partial charge in [0, 0.05) is 0 Å². The second-order valence-corrected chi connectivity index (χ2v) is 1.08. The van der Waals surface area contributed by atoms with Crippen LogP contribution in [0.2, 0.25) is 0 Å². The van der Waals surface area contributed by atoms with Gasteiger partial charge in [0.15, 0.2) is 0 Å². The Morgan fingerprint density at radius 3 is 1.50 bits per heavy atom. The summed E-state index contributed by atoms with van der Waals surface area (Å²) in [6.07, 6.45) is 0. The van der Waals surface area contributed by atoms with Gasteiger partial charge in [0.2, 0.25) is 0 Å². The first-order valence-corrected chi connectivity index (χ1v) is 1.91. The molecule has 1 aromatic rings. The third-order valence-corrected chi connectivity index (χ3v) is 0.607. The maximum absolute atomic E-state index is 2.89. The topological polar surface area (TPSA) is 33.5 Å². The molecule has 2 N–H and O–H groups in total. The van der Waals surface area contributed by atoms with Gasteiger partial charge in [0.25, 0.3) is 0 Å². The number of benzene rings is 1. The van der Waals surface area contributed by atoms with Crippen molar-refractivity contribution in [2.24, 2.45) is 0 Å². The van der Waals surface area contributed by atoms with Crippen molar-refractivity contribution in [3.8, 4) is 0 Å². The molecule has 0 saturated carbocycles. The Morgan fingerprint density at radius 2 is 1.38 bits per heavy atom. The van der Waals surface area contributed by atoms with Crippen LogP contribution in [0.4, 0.5) is 0 Å². The summed E-state index contributed by atoms with van der Waals surface area (Å²) < 4.78 is 0. The molecule has 0 atom stereocenters. The van der Waals surface area contributed by atoms with Crippen molar-refractivity contribution >= 4 is 0 Å². The molecule has 0 heterocycles. The minimum absolute atomic E-state index is 0. The predicted molar refractivity (Wildman–Crippen MR) is 30.6 cm³/mol. The molecule has 2 heteroatoms. The van der Waals surface area contributed by atoms with E-state index >= 15 is 0 Å². The SMILES string of the molecule is [NH2-].[Ti+2].[c-]1ccccc1. The molecular formula is C6H7NTi. The number of rotatable bonds is 0. The second-order valence-electron chi connectivity index (χ2n) is 1.08. The van der Waals surface area contributed by atoms with Crippen LogP contribution in [0.3, 0.4) is 0 Å². The molecule has 1 rings (SSSR count). The minimum atomic E-state index is 0. The van der Waals surface area contributed by atoms with Crippen molar-refractivity contribution in [1.82, 2.24) is 0 Å². The van der Waals surface area contributed by atoms with E-state index in [2.05, 4.69) is 6.07 Å². The van der Waals surface area contributed by atoms with Crippen LogP contribution in [0.15, 0.2) is 30.3 Å². The van der Waals surface area contributed by atoms with Crippen LogP contribution in [-0.4, -0.2) is 0 Å². The molecule has 0 aliphatic rings.